The molecule has 0 bridgehead atoms. The number of thioether (sulfide) groups is 1. The van der Waals surface area contributed by atoms with E-state index in [9.17, 15) is 4.79 Å². The minimum atomic E-state index is 0.0674. The molecule has 122 valence electrons. The Morgan fingerprint density at radius 2 is 2.21 bits per heavy atom. The van der Waals surface area contributed by atoms with Crippen LogP contribution in [-0.4, -0.2) is 22.7 Å². The van der Waals surface area contributed by atoms with Crippen LogP contribution in [0.4, 0.5) is 5.69 Å². The zero-order valence-electron chi connectivity index (χ0n) is 13.0. The maximum absolute atomic E-state index is 12.7. The minimum absolute atomic E-state index is 0.0674. The standard InChI is InChI=1S/C18H15ClN2O2S/c1-11-8-12-4-2-3-5-15(12)21(11)17(22)10-24-18-20-14-9-13(19)6-7-16(14)23-18/h2-7,9,11H,8,10H2,1H3/t11-/m1/s1. The van der Waals surface area contributed by atoms with Crippen LogP contribution < -0.4 is 4.90 Å². The van der Waals surface area contributed by atoms with Crippen LogP contribution in [0.1, 0.15) is 12.5 Å². The molecule has 4 nitrogen and oxygen atoms in total. The monoisotopic (exact) mass is 358 g/mol. The number of benzene rings is 2. The average molecular weight is 359 g/mol. The van der Waals surface area contributed by atoms with Crippen LogP contribution in [0, 0.1) is 0 Å². The summed E-state index contributed by atoms with van der Waals surface area (Å²) in [6.45, 7) is 2.07. The third-order valence-corrected chi connectivity index (χ3v) is 5.17. The number of carbonyl (C=O) groups is 1. The number of rotatable bonds is 3. The van der Waals surface area contributed by atoms with Gasteiger partial charge in [-0.1, -0.05) is 41.6 Å². The second-order valence-electron chi connectivity index (χ2n) is 5.83. The van der Waals surface area contributed by atoms with Gasteiger partial charge in [0.15, 0.2) is 5.58 Å². The van der Waals surface area contributed by atoms with Crippen molar-refractivity contribution in [2.24, 2.45) is 0 Å². The van der Waals surface area contributed by atoms with Gasteiger partial charge in [-0.15, -0.1) is 0 Å². The molecule has 24 heavy (non-hydrogen) atoms. The van der Waals surface area contributed by atoms with Gasteiger partial charge in [0.2, 0.25) is 5.91 Å². The Kier molecular flexibility index (Phi) is 3.98. The Hall–Kier alpha value is -1.98. The van der Waals surface area contributed by atoms with E-state index in [4.69, 9.17) is 16.0 Å². The molecule has 0 spiro atoms. The Morgan fingerprint density at radius 3 is 3.08 bits per heavy atom. The van der Waals surface area contributed by atoms with Gasteiger partial charge in [0.1, 0.15) is 5.52 Å². The summed E-state index contributed by atoms with van der Waals surface area (Å²) >= 11 is 7.27. The first-order valence-corrected chi connectivity index (χ1v) is 9.07. The molecule has 6 heteroatoms. The molecule has 1 aromatic heterocycles. The average Bonchev–Trinajstić information content (AvgIpc) is 3.11. The lowest BCUT2D eigenvalue weighted by molar-refractivity contribution is -0.116. The van der Waals surface area contributed by atoms with Gasteiger partial charge in [0.05, 0.1) is 5.75 Å². The van der Waals surface area contributed by atoms with E-state index in [2.05, 4.69) is 18.0 Å². The van der Waals surface area contributed by atoms with Crippen molar-refractivity contribution >= 4 is 46.1 Å². The first-order chi connectivity index (χ1) is 11.6. The second kappa shape index (κ2) is 6.15. The van der Waals surface area contributed by atoms with Gasteiger partial charge in [-0.05, 0) is 43.2 Å². The fourth-order valence-corrected chi connectivity index (χ4v) is 3.94. The third-order valence-electron chi connectivity index (χ3n) is 4.13. The Balaban J connectivity index is 1.50. The van der Waals surface area contributed by atoms with Crippen LogP contribution >= 0.6 is 23.4 Å². The number of amides is 1. The Labute approximate surface area is 148 Å². The first-order valence-electron chi connectivity index (χ1n) is 7.70. The van der Waals surface area contributed by atoms with E-state index in [0.29, 0.717) is 27.1 Å². The number of carbonyl (C=O) groups excluding carboxylic acids is 1. The molecule has 0 N–H and O–H groups in total. The number of hydrogen-bond acceptors (Lipinski definition) is 4. The molecule has 0 radical (unpaired) electrons. The fourth-order valence-electron chi connectivity index (χ4n) is 3.08. The zero-order valence-corrected chi connectivity index (χ0v) is 14.6. The molecule has 1 aliphatic rings. The minimum Gasteiger partial charge on any atom is -0.431 e. The summed E-state index contributed by atoms with van der Waals surface area (Å²) in [4.78, 5) is 18.9. The van der Waals surface area contributed by atoms with Crippen molar-refractivity contribution in [3.63, 3.8) is 0 Å². The molecule has 1 aliphatic heterocycles. The van der Waals surface area contributed by atoms with Gasteiger partial charge in [0, 0.05) is 16.8 Å². The van der Waals surface area contributed by atoms with Crippen molar-refractivity contribution in [3.8, 4) is 0 Å². The van der Waals surface area contributed by atoms with Crippen LogP contribution in [-0.2, 0) is 11.2 Å². The zero-order chi connectivity index (χ0) is 16.7. The number of para-hydroxylation sites is 1. The predicted octanol–water partition coefficient (Wildman–Crippen LogP) is 4.55. The predicted molar refractivity (Wildman–Crippen MR) is 96.8 cm³/mol. The van der Waals surface area contributed by atoms with E-state index in [1.54, 1.807) is 18.2 Å². The van der Waals surface area contributed by atoms with Crippen LogP contribution in [0.3, 0.4) is 0 Å². The lowest BCUT2D eigenvalue weighted by atomic mass is 10.1. The molecule has 0 fully saturated rings. The molecule has 0 aliphatic carbocycles. The molecule has 0 saturated heterocycles. The molecule has 2 heterocycles. The summed E-state index contributed by atoms with van der Waals surface area (Å²) < 4.78 is 5.65. The number of fused-ring (bicyclic) bond motifs is 2. The van der Waals surface area contributed by atoms with Crippen molar-refractivity contribution in [2.45, 2.75) is 24.6 Å². The van der Waals surface area contributed by atoms with E-state index in [1.165, 1.54) is 17.3 Å². The summed E-state index contributed by atoms with van der Waals surface area (Å²) in [6, 6.07) is 13.5. The molecular formula is C18H15ClN2O2S. The van der Waals surface area contributed by atoms with E-state index in [-0.39, 0.29) is 11.9 Å². The highest BCUT2D eigenvalue weighted by atomic mass is 35.5. The molecular weight excluding hydrogens is 344 g/mol. The first kappa shape index (κ1) is 15.5. The molecule has 1 atom stereocenters. The maximum atomic E-state index is 12.7. The van der Waals surface area contributed by atoms with Gasteiger partial charge in [-0.3, -0.25) is 4.79 Å². The summed E-state index contributed by atoms with van der Waals surface area (Å²) in [5.41, 5.74) is 3.62. The highest BCUT2D eigenvalue weighted by Crippen LogP contribution is 2.33. The van der Waals surface area contributed by atoms with Crippen molar-refractivity contribution in [3.05, 3.63) is 53.1 Å². The topological polar surface area (TPSA) is 46.3 Å². The highest BCUT2D eigenvalue weighted by molar-refractivity contribution is 7.99. The maximum Gasteiger partial charge on any atom is 0.257 e. The van der Waals surface area contributed by atoms with Crippen LogP contribution in [0.25, 0.3) is 11.1 Å². The molecule has 0 saturated carbocycles. The van der Waals surface area contributed by atoms with E-state index in [0.717, 1.165) is 12.1 Å². The van der Waals surface area contributed by atoms with E-state index in [1.807, 2.05) is 23.1 Å². The molecule has 0 unspecified atom stereocenters. The summed E-state index contributed by atoms with van der Waals surface area (Å²) in [5, 5.41) is 1.10. The van der Waals surface area contributed by atoms with Gasteiger partial charge in [-0.25, -0.2) is 4.98 Å². The summed E-state index contributed by atoms with van der Waals surface area (Å²) in [6.07, 6.45) is 0.897. The SMILES string of the molecule is C[C@@H]1Cc2ccccc2N1C(=O)CSc1nc2cc(Cl)ccc2o1. The van der Waals surface area contributed by atoms with Crippen LogP contribution in [0.5, 0.6) is 0 Å². The van der Waals surface area contributed by atoms with Gasteiger partial charge >= 0.3 is 0 Å². The highest BCUT2D eigenvalue weighted by Gasteiger charge is 2.30. The van der Waals surface area contributed by atoms with Crippen molar-refractivity contribution < 1.29 is 9.21 Å². The largest absolute Gasteiger partial charge is 0.431 e. The number of halogens is 1. The lowest BCUT2D eigenvalue weighted by Crippen LogP contribution is -2.36. The smallest absolute Gasteiger partial charge is 0.257 e. The van der Waals surface area contributed by atoms with E-state index < -0.39 is 0 Å². The fraction of sp³-hybridized carbons (Fsp3) is 0.222. The Bertz CT molecular complexity index is 924. The van der Waals surface area contributed by atoms with Gasteiger partial charge < -0.3 is 9.32 Å². The van der Waals surface area contributed by atoms with Crippen molar-refractivity contribution in [1.29, 1.82) is 0 Å². The molecule has 1 amide bonds. The number of hydrogen-bond donors (Lipinski definition) is 0. The molecule has 4 rings (SSSR count). The van der Waals surface area contributed by atoms with E-state index >= 15 is 0 Å². The van der Waals surface area contributed by atoms with Crippen molar-refractivity contribution in [1.82, 2.24) is 4.98 Å². The van der Waals surface area contributed by atoms with Crippen LogP contribution in [0.15, 0.2) is 52.1 Å². The number of nitrogens with zero attached hydrogens (tertiary/aromatic N) is 2. The summed E-state index contributed by atoms with van der Waals surface area (Å²) in [5.74, 6) is 0.358. The third kappa shape index (κ3) is 2.78. The van der Waals surface area contributed by atoms with Crippen LogP contribution in [0.2, 0.25) is 5.02 Å². The molecule has 3 aromatic rings. The second-order valence-corrected chi connectivity index (χ2v) is 7.19. The normalized spacial score (nSPS) is 16.6. The lowest BCUT2D eigenvalue weighted by Gasteiger charge is -2.22. The molecule has 2 aromatic carbocycles. The van der Waals surface area contributed by atoms with Crippen molar-refractivity contribution in [2.75, 3.05) is 10.7 Å². The quantitative estimate of drug-likeness (QED) is 0.644. The Morgan fingerprint density at radius 1 is 1.38 bits per heavy atom. The number of oxazole rings is 1. The summed E-state index contributed by atoms with van der Waals surface area (Å²) in [7, 11) is 0. The van der Waals surface area contributed by atoms with Gasteiger partial charge in [0.25, 0.3) is 5.22 Å². The van der Waals surface area contributed by atoms with Gasteiger partial charge in [-0.2, -0.15) is 0 Å². The number of anilines is 1. The number of aromatic nitrogens is 1.